The van der Waals surface area contributed by atoms with Gasteiger partial charge in [0, 0.05) is 24.3 Å². The van der Waals surface area contributed by atoms with Gasteiger partial charge in [-0.25, -0.2) is 4.39 Å². The van der Waals surface area contributed by atoms with Gasteiger partial charge in [0.1, 0.15) is 11.6 Å². The van der Waals surface area contributed by atoms with E-state index >= 15 is 0 Å². The number of amides is 3. The summed E-state index contributed by atoms with van der Waals surface area (Å²) in [5, 5.41) is 5.23. The third kappa shape index (κ3) is 4.50. The molecule has 0 aliphatic carbocycles. The number of aryl methyl sites for hydroxylation is 2. The third-order valence-electron chi connectivity index (χ3n) is 5.95. The van der Waals surface area contributed by atoms with E-state index in [1.165, 1.54) is 24.5 Å². The van der Waals surface area contributed by atoms with Gasteiger partial charge in [-0.1, -0.05) is 12.1 Å². The highest BCUT2D eigenvalue weighted by Gasteiger charge is 2.35. The van der Waals surface area contributed by atoms with Crippen molar-refractivity contribution in [1.29, 1.82) is 0 Å². The number of hydrogen-bond donors (Lipinski definition) is 2. The Morgan fingerprint density at radius 2 is 1.88 bits per heavy atom. The molecule has 0 saturated carbocycles. The van der Waals surface area contributed by atoms with Crippen LogP contribution in [0.1, 0.15) is 33.7 Å². The zero-order chi connectivity index (χ0) is 23.7. The van der Waals surface area contributed by atoms with Gasteiger partial charge in [-0.05, 0) is 62.2 Å². The van der Waals surface area contributed by atoms with Gasteiger partial charge in [0.25, 0.3) is 5.91 Å². The summed E-state index contributed by atoms with van der Waals surface area (Å²) in [5.41, 5.74) is 3.41. The molecule has 1 aromatic heterocycles. The molecular formula is C25H24FN3O4. The molecule has 1 atom stereocenters. The second-order valence-electron chi connectivity index (χ2n) is 8.15. The lowest BCUT2D eigenvalue weighted by molar-refractivity contribution is -0.122. The predicted octanol–water partition coefficient (Wildman–Crippen LogP) is 4.59. The molecule has 1 aliphatic rings. The van der Waals surface area contributed by atoms with Crippen molar-refractivity contribution in [1.82, 2.24) is 0 Å². The number of nitrogens with zero attached hydrogens (tertiary/aromatic N) is 1. The number of carbonyl (C=O) groups is 3. The molecule has 0 radical (unpaired) electrons. The highest BCUT2D eigenvalue weighted by Crippen LogP contribution is 2.30. The van der Waals surface area contributed by atoms with Crippen molar-refractivity contribution in [3.8, 4) is 0 Å². The molecule has 33 heavy (non-hydrogen) atoms. The van der Waals surface area contributed by atoms with Crippen LogP contribution < -0.4 is 15.5 Å². The molecule has 7 nitrogen and oxygen atoms in total. The van der Waals surface area contributed by atoms with E-state index in [-0.39, 0.29) is 30.5 Å². The summed E-state index contributed by atoms with van der Waals surface area (Å²) in [6.45, 7) is 5.82. The smallest absolute Gasteiger partial charge is 0.259 e. The predicted molar refractivity (Wildman–Crippen MR) is 123 cm³/mol. The van der Waals surface area contributed by atoms with Crippen LogP contribution >= 0.6 is 0 Å². The van der Waals surface area contributed by atoms with Crippen LogP contribution in [0.2, 0.25) is 0 Å². The molecule has 1 saturated heterocycles. The van der Waals surface area contributed by atoms with Gasteiger partial charge in [-0.3, -0.25) is 14.4 Å². The zero-order valence-electron chi connectivity index (χ0n) is 18.6. The maximum atomic E-state index is 14.3. The monoisotopic (exact) mass is 449 g/mol. The van der Waals surface area contributed by atoms with E-state index < -0.39 is 17.6 Å². The normalized spacial score (nSPS) is 15.6. The maximum absolute atomic E-state index is 14.3. The Hall–Kier alpha value is -3.94. The Morgan fingerprint density at radius 3 is 2.61 bits per heavy atom. The number of anilines is 3. The van der Waals surface area contributed by atoms with Crippen molar-refractivity contribution >= 4 is 34.8 Å². The molecule has 3 amide bonds. The minimum atomic E-state index is -0.639. The van der Waals surface area contributed by atoms with Crippen LogP contribution in [0.15, 0.2) is 53.1 Å². The van der Waals surface area contributed by atoms with Gasteiger partial charge in [0.05, 0.1) is 23.4 Å². The second-order valence-corrected chi connectivity index (χ2v) is 8.15. The van der Waals surface area contributed by atoms with Gasteiger partial charge in [0.15, 0.2) is 0 Å². The maximum Gasteiger partial charge on any atom is 0.259 e. The van der Waals surface area contributed by atoms with Crippen LogP contribution in [0.25, 0.3) is 0 Å². The SMILES string of the molecule is Cc1cccc(N2CC(C(=O)Nc3ccc(F)c(NC(=O)c4ccoc4C)c3)CC2=O)c1C. The highest BCUT2D eigenvalue weighted by molar-refractivity contribution is 6.06. The minimum absolute atomic E-state index is 0.0714. The van der Waals surface area contributed by atoms with E-state index in [0.717, 1.165) is 22.9 Å². The first-order valence-electron chi connectivity index (χ1n) is 10.6. The number of benzene rings is 2. The Kier molecular flexibility index (Phi) is 6.00. The summed E-state index contributed by atoms with van der Waals surface area (Å²) in [4.78, 5) is 39.5. The molecule has 1 aliphatic heterocycles. The summed E-state index contributed by atoms with van der Waals surface area (Å²) in [7, 11) is 0. The molecule has 170 valence electrons. The first kappa shape index (κ1) is 22.3. The molecule has 0 bridgehead atoms. The Balaban J connectivity index is 1.46. The quantitative estimate of drug-likeness (QED) is 0.596. The molecule has 3 aromatic rings. The highest BCUT2D eigenvalue weighted by atomic mass is 19.1. The fourth-order valence-corrected chi connectivity index (χ4v) is 3.90. The number of rotatable bonds is 5. The summed E-state index contributed by atoms with van der Waals surface area (Å²) in [6.07, 6.45) is 1.46. The van der Waals surface area contributed by atoms with Crippen LogP contribution in [-0.4, -0.2) is 24.3 Å². The van der Waals surface area contributed by atoms with Gasteiger partial charge in [-0.2, -0.15) is 0 Å². The van der Waals surface area contributed by atoms with E-state index in [1.54, 1.807) is 11.8 Å². The number of halogens is 1. The number of furan rings is 1. The molecule has 8 heteroatoms. The number of carbonyl (C=O) groups excluding carboxylic acids is 3. The van der Waals surface area contributed by atoms with Crippen molar-refractivity contribution in [3.63, 3.8) is 0 Å². The van der Waals surface area contributed by atoms with E-state index in [0.29, 0.717) is 17.0 Å². The number of nitrogens with one attached hydrogen (secondary N) is 2. The average molecular weight is 449 g/mol. The van der Waals surface area contributed by atoms with Crippen molar-refractivity contribution in [2.45, 2.75) is 27.2 Å². The first-order chi connectivity index (χ1) is 15.7. The molecule has 2 heterocycles. The molecule has 4 rings (SSSR count). The fourth-order valence-electron chi connectivity index (χ4n) is 3.90. The van der Waals surface area contributed by atoms with Gasteiger partial charge in [0.2, 0.25) is 11.8 Å². The minimum Gasteiger partial charge on any atom is -0.469 e. The largest absolute Gasteiger partial charge is 0.469 e. The molecule has 1 fully saturated rings. The topological polar surface area (TPSA) is 91.7 Å². The van der Waals surface area contributed by atoms with E-state index in [4.69, 9.17) is 4.42 Å². The van der Waals surface area contributed by atoms with Crippen LogP contribution in [0.3, 0.4) is 0 Å². The third-order valence-corrected chi connectivity index (χ3v) is 5.95. The molecule has 1 unspecified atom stereocenters. The van der Waals surface area contributed by atoms with Crippen LogP contribution in [0.4, 0.5) is 21.5 Å². The summed E-state index contributed by atoms with van der Waals surface area (Å²) < 4.78 is 19.4. The number of hydrogen-bond acceptors (Lipinski definition) is 4. The van der Waals surface area contributed by atoms with E-state index in [1.807, 2.05) is 32.0 Å². The van der Waals surface area contributed by atoms with E-state index in [2.05, 4.69) is 10.6 Å². The molecule has 2 aromatic carbocycles. The lowest BCUT2D eigenvalue weighted by atomic mass is 10.1. The zero-order valence-corrected chi connectivity index (χ0v) is 18.6. The summed E-state index contributed by atoms with van der Waals surface area (Å²) in [5.74, 6) is -1.75. The lowest BCUT2D eigenvalue weighted by Crippen LogP contribution is -2.28. The fraction of sp³-hybridized carbons (Fsp3) is 0.240. The van der Waals surface area contributed by atoms with Crippen molar-refractivity contribution < 1.29 is 23.2 Å². The second kappa shape index (κ2) is 8.90. The lowest BCUT2D eigenvalue weighted by Gasteiger charge is -2.20. The van der Waals surface area contributed by atoms with E-state index in [9.17, 15) is 18.8 Å². The van der Waals surface area contributed by atoms with Crippen LogP contribution in [0.5, 0.6) is 0 Å². The Bertz CT molecular complexity index is 1250. The Morgan fingerprint density at radius 1 is 1.09 bits per heavy atom. The van der Waals surface area contributed by atoms with Crippen LogP contribution in [0, 0.1) is 32.5 Å². The van der Waals surface area contributed by atoms with Gasteiger partial charge >= 0.3 is 0 Å². The summed E-state index contributed by atoms with van der Waals surface area (Å²) in [6, 6.07) is 11.1. The molecule has 2 N–H and O–H groups in total. The van der Waals surface area contributed by atoms with Crippen LogP contribution in [-0.2, 0) is 9.59 Å². The van der Waals surface area contributed by atoms with Gasteiger partial charge < -0.3 is 20.0 Å². The summed E-state index contributed by atoms with van der Waals surface area (Å²) >= 11 is 0. The standard InChI is InChI=1S/C25H24FN3O4/c1-14-5-4-6-22(15(14)2)29-13-17(11-23(29)30)24(31)27-18-7-8-20(26)21(12-18)28-25(32)19-9-10-33-16(19)3/h4-10,12,17H,11,13H2,1-3H3,(H,27,31)(H,28,32). The molecular weight excluding hydrogens is 425 g/mol. The van der Waals surface area contributed by atoms with Gasteiger partial charge in [-0.15, -0.1) is 0 Å². The molecule has 0 spiro atoms. The first-order valence-corrected chi connectivity index (χ1v) is 10.6. The van der Waals surface area contributed by atoms with Crippen molar-refractivity contribution in [2.24, 2.45) is 5.92 Å². The van der Waals surface area contributed by atoms with Crippen molar-refractivity contribution in [3.05, 3.63) is 77.0 Å². The Labute approximate surface area is 190 Å². The van der Waals surface area contributed by atoms with Crippen molar-refractivity contribution in [2.75, 3.05) is 22.1 Å². The average Bonchev–Trinajstić information content (AvgIpc) is 3.38.